The maximum atomic E-state index is 3.71. The summed E-state index contributed by atoms with van der Waals surface area (Å²) in [5, 5.41) is 0.911. The summed E-state index contributed by atoms with van der Waals surface area (Å²) in [6, 6.07) is 7.37. The molecule has 1 aromatic carbocycles. The highest BCUT2D eigenvalue weighted by Crippen LogP contribution is 2.31. The van der Waals surface area contributed by atoms with Crippen molar-refractivity contribution in [3.05, 3.63) is 28.2 Å². The molecule has 1 aliphatic heterocycles. The van der Waals surface area contributed by atoms with Crippen molar-refractivity contribution in [3.63, 3.8) is 0 Å². The fraction of sp³-hybridized carbons (Fsp3) is 0.600. The third kappa shape index (κ3) is 3.53. The van der Waals surface area contributed by atoms with E-state index in [-0.39, 0.29) is 0 Å². The van der Waals surface area contributed by atoms with Crippen LogP contribution >= 0.6 is 31.9 Å². The molecule has 0 amide bonds. The van der Waals surface area contributed by atoms with Crippen LogP contribution in [0.2, 0.25) is 0 Å². The first-order valence-corrected chi connectivity index (χ1v) is 8.94. The van der Waals surface area contributed by atoms with E-state index in [9.17, 15) is 0 Å². The number of hydrogen-bond donors (Lipinski definition) is 0. The number of nitrogens with zero attached hydrogens (tertiary/aromatic N) is 2. The predicted octanol–water partition coefficient (Wildman–Crippen LogP) is 4.26. The zero-order valence-electron chi connectivity index (χ0n) is 11.7. The third-order valence-electron chi connectivity index (χ3n) is 4.00. The van der Waals surface area contributed by atoms with Crippen molar-refractivity contribution in [1.29, 1.82) is 0 Å². The molecule has 106 valence electrons. The van der Waals surface area contributed by atoms with Crippen LogP contribution in [0.15, 0.2) is 22.7 Å². The van der Waals surface area contributed by atoms with Gasteiger partial charge in [0.15, 0.2) is 0 Å². The molecule has 1 atom stereocenters. The van der Waals surface area contributed by atoms with Crippen molar-refractivity contribution in [2.75, 3.05) is 31.1 Å². The Morgan fingerprint density at radius 1 is 1.32 bits per heavy atom. The lowest BCUT2D eigenvalue weighted by Gasteiger charge is -2.27. The maximum Gasteiger partial charge on any atom is 0.0511 e. The molecule has 1 aromatic rings. The van der Waals surface area contributed by atoms with E-state index in [1.54, 1.807) is 0 Å². The lowest BCUT2D eigenvalue weighted by molar-refractivity contribution is 0.232. The first-order valence-electron chi connectivity index (χ1n) is 7.03. The molecule has 2 rings (SSSR count). The first kappa shape index (κ1) is 15.3. The van der Waals surface area contributed by atoms with Crippen molar-refractivity contribution in [2.24, 2.45) is 0 Å². The van der Waals surface area contributed by atoms with Crippen molar-refractivity contribution in [2.45, 2.75) is 31.6 Å². The highest BCUT2D eigenvalue weighted by Gasteiger charge is 2.27. The maximum absolute atomic E-state index is 3.71. The van der Waals surface area contributed by atoms with Gasteiger partial charge in [-0.2, -0.15) is 0 Å². The highest BCUT2D eigenvalue weighted by molar-refractivity contribution is 9.10. The summed E-state index contributed by atoms with van der Waals surface area (Å²) < 4.78 is 1.21. The van der Waals surface area contributed by atoms with E-state index in [0.717, 1.165) is 31.5 Å². The van der Waals surface area contributed by atoms with Gasteiger partial charge < -0.3 is 4.90 Å². The Morgan fingerprint density at radius 3 is 2.63 bits per heavy atom. The molecule has 1 saturated heterocycles. The van der Waals surface area contributed by atoms with Crippen molar-refractivity contribution in [3.8, 4) is 0 Å². The van der Waals surface area contributed by atoms with Gasteiger partial charge >= 0.3 is 0 Å². The second-order valence-corrected chi connectivity index (χ2v) is 6.44. The molecule has 1 fully saturated rings. The zero-order chi connectivity index (χ0) is 13.8. The molecule has 0 bridgehead atoms. The van der Waals surface area contributed by atoms with Crippen LogP contribution in [0, 0.1) is 0 Å². The summed E-state index contributed by atoms with van der Waals surface area (Å²) >= 11 is 7.22. The van der Waals surface area contributed by atoms with Crippen molar-refractivity contribution >= 4 is 37.5 Å². The molecule has 0 saturated carbocycles. The van der Waals surface area contributed by atoms with Crippen LogP contribution < -0.4 is 4.90 Å². The molecule has 1 unspecified atom stereocenters. The molecule has 4 heteroatoms. The SMILES string of the molecule is CCN(CC)C1CCN(c2ccc(CBr)cc2Br)C1. The van der Waals surface area contributed by atoms with E-state index in [2.05, 4.69) is 73.7 Å². The van der Waals surface area contributed by atoms with E-state index >= 15 is 0 Å². The molecule has 0 radical (unpaired) electrons. The Bertz CT molecular complexity index is 419. The van der Waals surface area contributed by atoms with Gasteiger partial charge in [-0.05, 0) is 53.1 Å². The summed E-state index contributed by atoms with van der Waals surface area (Å²) in [6.45, 7) is 9.12. The summed E-state index contributed by atoms with van der Waals surface area (Å²) in [6.07, 6.45) is 1.27. The van der Waals surface area contributed by atoms with Crippen LogP contribution in [0.3, 0.4) is 0 Å². The topological polar surface area (TPSA) is 6.48 Å². The van der Waals surface area contributed by atoms with Crippen LogP contribution in [-0.2, 0) is 5.33 Å². The molecule has 0 N–H and O–H groups in total. The smallest absolute Gasteiger partial charge is 0.0511 e. The lowest BCUT2D eigenvalue weighted by atomic mass is 10.2. The molecule has 0 aromatic heterocycles. The Balaban J connectivity index is 2.08. The van der Waals surface area contributed by atoms with Gasteiger partial charge in [0.2, 0.25) is 0 Å². The fourth-order valence-electron chi connectivity index (χ4n) is 2.89. The Hall–Kier alpha value is -0.0600. The quantitative estimate of drug-likeness (QED) is 0.694. The standard InChI is InChI=1S/C15H22Br2N2/c1-3-18(4-2)13-7-8-19(11-13)15-6-5-12(10-16)9-14(15)17/h5-6,9,13H,3-4,7-8,10-11H2,1-2H3. The minimum absolute atomic E-state index is 0.706. The van der Waals surface area contributed by atoms with Crippen molar-refractivity contribution in [1.82, 2.24) is 4.90 Å². The van der Waals surface area contributed by atoms with Gasteiger partial charge in [0.1, 0.15) is 0 Å². The fourth-order valence-corrected chi connectivity index (χ4v) is 3.91. The molecule has 0 spiro atoms. The van der Waals surface area contributed by atoms with E-state index in [1.165, 1.54) is 22.1 Å². The minimum Gasteiger partial charge on any atom is -0.369 e. The number of alkyl halides is 1. The van der Waals surface area contributed by atoms with Crippen LogP contribution in [0.1, 0.15) is 25.8 Å². The highest BCUT2D eigenvalue weighted by atomic mass is 79.9. The average molecular weight is 390 g/mol. The molecule has 2 nitrogen and oxygen atoms in total. The predicted molar refractivity (Wildman–Crippen MR) is 90.3 cm³/mol. The first-order chi connectivity index (χ1) is 9.19. The molecule has 1 aliphatic rings. The lowest BCUT2D eigenvalue weighted by Crippen LogP contribution is -2.37. The Kier molecular flexibility index (Phi) is 5.72. The second-order valence-electron chi connectivity index (χ2n) is 5.03. The monoisotopic (exact) mass is 388 g/mol. The third-order valence-corrected chi connectivity index (χ3v) is 5.28. The van der Waals surface area contributed by atoms with Crippen LogP contribution in [0.5, 0.6) is 0 Å². The van der Waals surface area contributed by atoms with Gasteiger partial charge in [0, 0.05) is 28.9 Å². The van der Waals surface area contributed by atoms with Crippen LogP contribution in [0.4, 0.5) is 5.69 Å². The van der Waals surface area contributed by atoms with Gasteiger partial charge in [0.05, 0.1) is 5.69 Å². The van der Waals surface area contributed by atoms with E-state index in [4.69, 9.17) is 0 Å². The summed E-state index contributed by atoms with van der Waals surface area (Å²) in [4.78, 5) is 5.08. The normalized spacial score (nSPS) is 19.4. The zero-order valence-corrected chi connectivity index (χ0v) is 14.9. The number of halogens is 2. The minimum atomic E-state index is 0.706. The second kappa shape index (κ2) is 7.09. The molecular weight excluding hydrogens is 368 g/mol. The summed E-state index contributed by atoms with van der Waals surface area (Å²) in [7, 11) is 0. The molecule has 19 heavy (non-hydrogen) atoms. The number of rotatable bonds is 5. The molecular formula is C15H22Br2N2. The van der Waals surface area contributed by atoms with Gasteiger partial charge in [-0.15, -0.1) is 0 Å². The van der Waals surface area contributed by atoms with Gasteiger partial charge in [-0.1, -0.05) is 35.8 Å². The number of hydrogen-bond acceptors (Lipinski definition) is 2. The number of likely N-dealkylation sites (N-methyl/N-ethyl adjacent to an activating group) is 1. The number of anilines is 1. The van der Waals surface area contributed by atoms with E-state index in [1.807, 2.05) is 0 Å². The van der Waals surface area contributed by atoms with Gasteiger partial charge in [0.25, 0.3) is 0 Å². The van der Waals surface area contributed by atoms with Crippen LogP contribution in [-0.4, -0.2) is 37.1 Å². The molecule has 0 aliphatic carbocycles. The Labute approximate surface area is 133 Å². The van der Waals surface area contributed by atoms with Gasteiger partial charge in [-0.3, -0.25) is 4.90 Å². The van der Waals surface area contributed by atoms with Crippen molar-refractivity contribution < 1.29 is 0 Å². The Morgan fingerprint density at radius 2 is 2.05 bits per heavy atom. The largest absolute Gasteiger partial charge is 0.369 e. The van der Waals surface area contributed by atoms with E-state index < -0.39 is 0 Å². The number of benzene rings is 1. The van der Waals surface area contributed by atoms with Crippen LogP contribution in [0.25, 0.3) is 0 Å². The summed E-state index contributed by atoms with van der Waals surface area (Å²) in [5.74, 6) is 0. The van der Waals surface area contributed by atoms with E-state index in [0.29, 0.717) is 6.04 Å². The molecule has 1 heterocycles. The summed E-state index contributed by atoms with van der Waals surface area (Å²) in [5.41, 5.74) is 2.65. The average Bonchev–Trinajstić information content (AvgIpc) is 2.89. The van der Waals surface area contributed by atoms with Gasteiger partial charge in [-0.25, -0.2) is 0 Å².